The molecule has 0 bridgehead atoms. The summed E-state index contributed by atoms with van der Waals surface area (Å²) >= 11 is 3.34. The van der Waals surface area contributed by atoms with Crippen LogP contribution in [0.4, 0.5) is 5.95 Å². The van der Waals surface area contributed by atoms with Crippen molar-refractivity contribution in [2.75, 3.05) is 44.1 Å². The Bertz CT molecular complexity index is 635. The largest absolute Gasteiger partial charge is 0.341 e. The summed E-state index contributed by atoms with van der Waals surface area (Å²) in [5, 5.41) is 0. The van der Waals surface area contributed by atoms with Gasteiger partial charge in [-0.15, -0.1) is 0 Å². The molecule has 1 aromatic heterocycles. The molecular formula is C17H26BrN5O. The molecule has 0 atom stereocenters. The summed E-state index contributed by atoms with van der Waals surface area (Å²) in [6, 6.07) is 0.136. The van der Waals surface area contributed by atoms with Crippen molar-refractivity contribution in [1.29, 1.82) is 0 Å². The number of nitrogens with zero attached hydrogens (tertiary/aromatic N) is 5. The van der Waals surface area contributed by atoms with Crippen molar-refractivity contribution in [3.05, 3.63) is 16.9 Å². The van der Waals surface area contributed by atoms with Crippen LogP contribution < -0.4 is 4.90 Å². The molecule has 2 saturated heterocycles. The summed E-state index contributed by atoms with van der Waals surface area (Å²) in [4.78, 5) is 27.2. The van der Waals surface area contributed by atoms with Gasteiger partial charge in [0.1, 0.15) is 0 Å². The van der Waals surface area contributed by atoms with Gasteiger partial charge in [-0.25, -0.2) is 9.97 Å². The van der Waals surface area contributed by atoms with Crippen molar-refractivity contribution in [3.63, 3.8) is 0 Å². The maximum atomic E-state index is 12.9. The van der Waals surface area contributed by atoms with E-state index in [0.717, 1.165) is 30.4 Å². The number of carbonyl (C=O) groups excluding carboxylic acids is 1. The third kappa shape index (κ3) is 4.06. The standard InChI is InChI=1S/C17H26BrN5O/c1-13(2)21-7-9-22(10-8-21)16(24)14-3-5-23(6-4-14)17-19-11-15(18)12-20-17/h11-14H,3-10H2,1-2H3/i7D2. The first-order valence-corrected chi connectivity index (χ1v) is 9.35. The van der Waals surface area contributed by atoms with E-state index < -0.39 is 6.50 Å². The zero-order chi connectivity index (χ0) is 18.9. The van der Waals surface area contributed by atoms with E-state index in [9.17, 15) is 4.79 Å². The van der Waals surface area contributed by atoms with Gasteiger partial charge in [0.05, 0.1) is 4.47 Å². The van der Waals surface area contributed by atoms with Crippen LogP contribution in [0.15, 0.2) is 16.9 Å². The highest BCUT2D eigenvalue weighted by atomic mass is 79.9. The molecule has 0 spiro atoms. The molecule has 0 N–H and O–H groups in total. The Labute approximate surface area is 155 Å². The molecule has 2 aliphatic rings. The van der Waals surface area contributed by atoms with Gasteiger partial charge < -0.3 is 9.80 Å². The summed E-state index contributed by atoms with van der Waals surface area (Å²) in [7, 11) is 0. The van der Waals surface area contributed by atoms with Gasteiger partial charge in [-0.05, 0) is 42.6 Å². The number of hydrogen-bond acceptors (Lipinski definition) is 5. The van der Waals surface area contributed by atoms with Gasteiger partial charge in [0.15, 0.2) is 0 Å². The highest BCUT2D eigenvalue weighted by molar-refractivity contribution is 9.10. The van der Waals surface area contributed by atoms with Gasteiger partial charge in [0.25, 0.3) is 0 Å². The van der Waals surface area contributed by atoms with Crippen LogP contribution in [0.2, 0.25) is 0 Å². The molecule has 132 valence electrons. The van der Waals surface area contributed by atoms with E-state index in [2.05, 4.69) is 30.8 Å². The molecule has 3 heterocycles. The van der Waals surface area contributed by atoms with Crippen molar-refractivity contribution in [1.82, 2.24) is 19.8 Å². The SMILES string of the molecule is [2H]C1([2H])CN(C(=O)C2CCN(c3ncc(Br)cn3)CC2)CCN1C(C)C. The Morgan fingerprint density at radius 3 is 2.46 bits per heavy atom. The average molecular weight is 398 g/mol. The maximum Gasteiger partial charge on any atom is 0.225 e. The number of amides is 1. The predicted octanol–water partition coefficient (Wildman–Crippen LogP) is 2.01. The first kappa shape index (κ1) is 15.1. The second-order valence-corrected chi connectivity index (χ2v) is 7.58. The Morgan fingerprint density at radius 2 is 1.88 bits per heavy atom. The molecule has 1 amide bonds. The quantitative estimate of drug-likeness (QED) is 0.780. The van der Waals surface area contributed by atoms with E-state index in [1.54, 1.807) is 17.3 Å². The second kappa shape index (κ2) is 7.78. The maximum absolute atomic E-state index is 12.9. The number of aromatic nitrogens is 2. The van der Waals surface area contributed by atoms with Crippen LogP contribution in [0.25, 0.3) is 0 Å². The van der Waals surface area contributed by atoms with Crippen LogP contribution in [-0.2, 0) is 4.79 Å². The number of piperidine rings is 1. The van der Waals surface area contributed by atoms with Gasteiger partial charge >= 0.3 is 0 Å². The molecule has 3 rings (SSSR count). The summed E-state index contributed by atoms with van der Waals surface area (Å²) in [6.07, 6.45) is 4.98. The second-order valence-electron chi connectivity index (χ2n) is 6.67. The van der Waals surface area contributed by atoms with Crippen molar-refractivity contribution in [2.45, 2.75) is 32.7 Å². The van der Waals surface area contributed by atoms with Crippen LogP contribution in [0.1, 0.15) is 29.4 Å². The van der Waals surface area contributed by atoms with Gasteiger partial charge in [0.2, 0.25) is 11.9 Å². The smallest absolute Gasteiger partial charge is 0.225 e. The highest BCUT2D eigenvalue weighted by Crippen LogP contribution is 2.23. The van der Waals surface area contributed by atoms with E-state index in [1.807, 2.05) is 18.7 Å². The Hall–Kier alpha value is -1.21. The molecular weight excluding hydrogens is 370 g/mol. The molecule has 0 radical (unpaired) electrons. The van der Waals surface area contributed by atoms with E-state index >= 15 is 0 Å². The fourth-order valence-electron chi connectivity index (χ4n) is 3.25. The third-order valence-corrected chi connectivity index (χ3v) is 5.15. The fourth-order valence-corrected chi connectivity index (χ4v) is 3.45. The zero-order valence-electron chi connectivity index (χ0n) is 16.3. The molecule has 0 saturated carbocycles. The summed E-state index contributed by atoms with van der Waals surface area (Å²) in [5.74, 6) is 0.748. The molecule has 2 fully saturated rings. The molecule has 2 aliphatic heterocycles. The third-order valence-electron chi connectivity index (χ3n) is 4.74. The fraction of sp³-hybridized carbons (Fsp3) is 0.706. The number of piperazine rings is 1. The molecule has 6 nitrogen and oxygen atoms in total. The van der Waals surface area contributed by atoms with Gasteiger partial charge in [-0.1, -0.05) is 0 Å². The van der Waals surface area contributed by atoms with Crippen LogP contribution in [0.5, 0.6) is 0 Å². The van der Waals surface area contributed by atoms with Crippen molar-refractivity contribution in [3.8, 4) is 0 Å². The summed E-state index contributed by atoms with van der Waals surface area (Å²) in [6.45, 7) is 5.36. The zero-order valence-corrected chi connectivity index (χ0v) is 15.9. The van der Waals surface area contributed by atoms with Crippen LogP contribution in [0, 0.1) is 5.92 Å². The van der Waals surface area contributed by atoms with E-state index in [0.29, 0.717) is 19.0 Å². The Kier molecular flexibility index (Phi) is 4.89. The molecule has 7 heteroatoms. The minimum absolute atomic E-state index is 0.0388. The van der Waals surface area contributed by atoms with E-state index in [1.165, 1.54) is 0 Å². The normalized spacial score (nSPS) is 24.0. The lowest BCUT2D eigenvalue weighted by Crippen LogP contribution is -2.53. The number of halogens is 1. The molecule has 24 heavy (non-hydrogen) atoms. The van der Waals surface area contributed by atoms with Crippen molar-refractivity contribution >= 4 is 27.8 Å². The highest BCUT2D eigenvalue weighted by Gasteiger charge is 2.31. The lowest BCUT2D eigenvalue weighted by molar-refractivity contribution is -0.138. The van der Waals surface area contributed by atoms with Crippen LogP contribution >= 0.6 is 15.9 Å². The Balaban J connectivity index is 1.56. The molecule has 0 aromatic carbocycles. The average Bonchev–Trinajstić information content (AvgIpc) is 2.60. The van der Waals surface area contributed by atoms with Crippen molar-refractivity contribution in [2.24, 2.45) is 5.92 Å². The van der Waals surface area contributed by atoms with Crippen LogP contribution in [0.3, 0.4) is 0 Å². The summed E-state index contributed by atoms with van der Waals surface area (Å²) < 4.78 is 17.4. The number of anilines is 1. The summed E-state index contributed by atoms with van der Waals surface area (Å²) in [5.41, 5.74) is 0. The number of rotatable bonds is 3. The van der Waals surface area contributed by atoms with Crippen molar-refractivity contribution < 1.29 is 7.54 Å². The van der Waals surface area contributed by atoms with Gasteiger partial charge in [0, 0.05) is 66.3 Å². The topological polar surface area (TPSA) is 52.6 Å². The first-order valence-electron chi connectivity index (χ1n) is 9.56. The van der Waals surface area contributed by atoms with Gasteiger partial charge in [-0.3, -0.25) is 9.69 Å². The lowest BCUT2D eigenvalue weighted by atomic mass is 9.95. The number of carbonyl (C=O) groups is 1. The van der Waals surface area contributed by atoms with Crippen LogP contribution in [-0.4, -0.2) is 70.9 Å². The molecule has 1 aromatic rings. The lowest BCUT2D eigenvalue weighted by Gasteiger charge is -2.39. The first-order chi connectivity index (χ1) is 12.3. The number of hydrogen-bond donors (Lipinski definition) is 0. The van der Waals surface area contributed by atoms with E-state index in [4.69, 9.17) is 2.74 Å². The molecule has 0 unspecified atom stereocenters. The minimum atomic E-state index is -1.46. The monoisotopic (exact) mass is 397 g/mol. The molecule has 0 aliphatic carbocycles. The van der Waals surface area contributed by atoms with Gasteiger partial charge in [-0.2, -0.15) is 0 Å². The van der Waals surface area contributed by atoms with E-state index in [-0.39, 0.29) is 24.4 Å². The minimum Gasteiger partial charge on any atom is -0.341 e. The Morgan fingerprint density at radius 1 is 1.21 bits per heavy atom. The predicted molar refractivity (Wildman–Crippen MR) is 98.0 cm³/mol.